The number of nitrogen functional groups attached to an aromatic ring is 1. The first kappa shape index (κ1) is 10.4. The van der Waals surface area contributed by atoms with Crippen molar-refractivity contribution in [3.63, 3.8) is 0 Å². The van der Waals surface area contributed by atoms with Crippen molar-refractivity contribution in [1.82, 2.24) is 19.7 Å². The molecule has 0 aliphatic rings. The van der Waals surface area contributed by atoms with Crippen molar-refractivity contribution in [3.05, 3.63) is 30.2 Å². The minimum absolute atomic E-state index is 0.175. The highest BCUT2D eigenvalue weighted by Gasteiger charge is 2.32. The van der Waals surface area contributed by atoms with Gasteiger partial charge in [-0.05, 0) is 6.07 Å². The summed E-state index contributed by atoms with van der Waals surface area (Å²) < 4.78 is 38.1. The zero-order valence-electron chi connectivity index (χ0n) is 7.81. The number of hydrogen-bond donors (Lipinski definition) is 1. The average molecular weight is 229 g/mol. The lowest BCUT2D eigenvalue weighted by atomic mass is 10.4. The zero-order chi connectivity index (χ0) is 11.8. The van der Waals surface area contributed by atoms with Gasteiger partial charge in [0.15, 0.2) is 0 Å². The quantitative estimate of drug-likeness (QED) is 0.799. The third-order valence-electron chi connectivity index (χ3n) is 1.75. The van der Waals surface area contributed by atoms with Gasteiger partial charge in [0.1, 0.15) is 11.5 Å². The summed E-state index contributed by atoms with van der Waals surface area (Å²) in [6.07, 6.45) is -2.11. The first-order valence-corrected chi connectivity index (χ1v) is 4.18. The molecule has 2 rings (SSSR count). The standard InChI is InChI=1S/C8H6F3N5/c9-8(10,11)5-1-3-13-7(14-5)16-4-2-6(12)15-16/h1-4H,(H2,12,15). The molecule has 0 unspecified atom stereocenters. The highest BCUT2D eigenvalue weighted by Crippen LogP contribution is 2.27. The lowest BCUT2D eigenvalue weighted by Gasteiger charge is -2.06. The maximum atomic E-state index is 12.3. The molecule has 84 valence electrons. The molecule has 0 spiro atoms. The molecule has 0 amide bonds. The van der Waals surface area contributed by atoms with E-state index >= 15 is 0 Å². The van der Waals surface area contributed by atoms with Gasteiger partial charge in [-0.2, -0.15) is 13.2 Å². The van der Waals surface area contributed by atoms with Gasteiger partial charge in [-0.15, -0.1) is 5.10 Å². The lowest BCUT2D eigenvalue weighted by Crippen LogP contribution is -2.11. The Balaban J connectivity index is 2.44. The van der Waals surface area contributed by atoms with Crippen molar-refractivity contribution < 1.29 is 13.2 Å². The fourth-order valence-electron chi connectivity index (χ4n) is 1.07. The van der Waals surface area contributed by atoms with Gasteiger partial charge in [0.05, 0.1) is 0 Å². The number of rotatable bonds is 1. The number of anilines is 1. The number of nitrogens with zero attached hydrogens (tertiary/aromatic N) is 4. The van der Waals surface area contributed by atoms with E-state index in [-0.39, 0.29) is 11.8 Å². The average Bonchev–Trinajstić information content (AvgIpc) is 2.64. The lowest BCUT2D eigenvalue weighted by molar-refractivity contribution is -0.141. The monoisotopic (exact) mass is 229 g/mol. The minimum Gasteiger partial charge on any atom is -0.382 e. The van der Waals surface area contributed by atoms with Crippen LogP contribution in [0.25, 0.3) is 5.95 Å². The van der Waals surface area contributed by atoms with E-state index < -0.39 is 11.9 Å². The molecule has 0 aliphatic carbocycles. The van der Waals surface area contributed by atoms with Crippen LogP contribution >= 0.6 is 0 Å². The summed E-state index contributed by atoms with van der Waals surface area (Å²) in [7, 11) is 0. The molecule has 0 radical (unpaired) electrons. The summed E-state index contributed by atoms with van der Waals surface area (Å²) >= 11 is 0. The Bertz CT molecular complexity index is 504. The van der Waals surface area contributed by atoms with E-state index in [1.165, 1.54) is 12.3 Å². The summed E-state index contributed by atoms with van der Waals surface area (Å²) in [5.74, 6) is 0.00698. The predicted octanol–water partition coefficient (Wildman–Crippen LogP) is 1.26. The highest BCUT2D eigenvalue weighted by molar-refractivity contribution is 5.27. The maximum Gasteiger partial charge on any atom is 0.433 e. The van der Waals surface area contributed by atoms with Crippen LogP contribution in [0.3, 0.4) is 0 Å². The Morgan fingerprint density at radius 1 is 1.25 bits per heavy atom. The molecule has 0 fully saturated rings. The largest absolute Gasteiger partial charge is 0.433 e. The Labute approximate surface area is 87.7 Å². The summed E-state index contributed by atoms with van der Waals surface area (Å²) in [6, 6.07) is 2.22. The van der Waals surface area contributed by atoms with Crippen LogP contribution < -0.4 is 5.73 Å². The maximum absolute atomic E-state index is 12.3. The van der Waals surface area contributed by atoms with E-state index in [0.29, 0.717) is 0 Å². The molecule has 2 N–H and O–H groups in total. The van der Waals surface area contributed by atoms with Crippen LogP contribution in [0.2, 0.25) is 0 Å². The van der Waals surface area contributed by atoms with Gasteiger partial charge in [0.25, 0.3) is 5.95 Å². The topological polar surface area (TPSA) is 69.6 Å². The Hall–Kier alpha value is -2.12. The number of hydrogen-bond acceptors (Lipinski definition) is 4. The molecule has 0 saturated heterocycles. The highest BCUT2D eigenvalue weighted by atomic mass is 19.4. The van der Waals surface area contributed by atoms with Crippen molar-refractivity contribution in [2.45, 2.75) is 6.18 Å². The predicted molar refractivity (Wildman–Crippen MR) is 48.6 cm³/mol. The van der Waals surface area contributed by atoms with Gasteiger partial charge in [0, 0.05) is 18.5 Å². The van der Waals surface area contributed by atoms with Crippen molar-refractivity contribution in [2.24, 2.45) is 0 Å². The number of aromatic nitrogens is 4. The Kier molecular flexibility index (Phi) is 2.26. The van der Waals surface area contributed by atoms with E-state index in [9.17, 15) is 13.2 Å². The second-order valence-corrected chi connectivity index (χ2v) is 2.92. The van der Waals surface area contributed by atoms with E-state index in [2.05, 4.69) is 15.1 Å². The van der Waals surface area contributed by atoms with Crippen LogP contribution in [0.1, 0.15) is 5.69 Å². The van der Waals surface area contributed by atoms with Crippen LogP contribution in [0.4, 0.5) is 19.0 Å². The van der Waals surface area contributed by atoms with Gasteiger partial charge in [-0.1, -0.05) is 0 Å². The number of alkyl halides is 3. The number of halogens is 3. The third-order valence-corrected chi connectivity index (χ3v) is 1.75. The zero-order valence-corrected chi connectivity index (χ0v) is 7.81. The first-order chi connectivity index (χ1) is 7.47. The molecule has 16 heavy (non-hydrogen) atoms. The van der Waals surface area contributed by atoms with Crippen molar-refractivity contribution in [3.8, 4) is 5.95 Å². The Morgan fingerprint density at radius 2 is 2.00 bits per heavy atom. The minimum atomic E-state index is -4.50. The van der Waals surface area contributed by atoms with Crippen molar-refractivity contribution >= 4 is 5.82 Å². The van der Waals surface area contributed by atoms with Crippen LogP contribution in [0, 0.1) is 0 Å². The molecule has 2 aromatic rings. The molecule has 5 nitrogen and oxygen atoms in total. The molecule has 0 bridgehead atoms. The fraction of sp³-hybridized carbons (Fsp3) is 0.125. The van der Waals surface area contributed by atoms with Crippen LogP contribution in [0.15, 0.2) is 24.5 Å². The molecule has 0 atom stereocenters. The molecule has 0 aliphatic heterocycles. The smallest absolute Gasteiger partial charge is 0.382 e. The normalized spacial score (nSPS) is 11.7. The fourth-order valence-corrected chi connectivity index (χ4v) is 1.07. The second-order valence-electron chi connectivity index (χ2n) is 2.92. The summed E-state index contributed by atoms with van der Waals surface area (Å²) in [4.78, 5) is 7.01. The van der Waals surface area contributed by atoms with Gasteiger partial charge < -0.3 is 5.73 Å². The van der Waals surface area contributed by atoms with E-state index in [1.807, 2.05) is 0 Å². The molecule has 0 saturated carbocycles. The molecule has 0 aromatic carbocycles. The molecule has 8 heteroatoms. The van der Waals surface area contributed by atoms with E-state index in [1.54, 1.807) is 0 Å². The van der Waals surface area contributed by atoms with Gasteiger partial charge >= 0.3 is 6.18 Å². The van der Waals surface area contributed by atoms with Crippen molar-refractivity contribution in [2.75, 3.05) is 5.73 Å². The van der Waals surface area contributed by atoms with E-state index in [0.717, 1.165) is 16.9 Å². The number of nitrogens with two attached hydrogens (primary N) is 1. The Morgan fingerprint density at radius 3 is 2.56 bits per heavy atom. The van der Waals surface area contributed by atoms with E-state index in [4.69, 9.17) is 5.73 Å². The molecule has 2 aromatic heterocycles. The van der Waals surface area contributed by atoms with Crippen LogP contribution in [0.5, 0.6) is 0 Å². The van der Waals surface area contributed by atoms with Gasteiger partial charge in [-0.25, -0.2) is 14.6 Å². The summed E-state index contributed by atoms with van der Waals surface area (Å²) in [6.45, 7) is 0. The second kappa shape index (κ2) is 3.47. The van der Waals surface area contributed by atoms with Gasteiger partial charge in [0.2, 0.25) is 0 Å². The van der Waals surface area contributed by atoms with Crippen LogP contribution in [-0.2, 0) is 6.18 Å². The summed E-state index contributed by atoms with van der Waals surface area (Å²) in [5.41, 5.74) is 4.31. The SMILES string of the molecule is Nc1ccn(-c2nccc(C(F)(F)F)n2)n1. The molecule has 2 heterocycles. The molecular formula is C8H6F3N5. The first-order valence-electron chi connectivity index (χ1n) is 4.18. The molecular weight excluding hydrogens is 223 g/mol. The summed E-state index contributed by atoms with van der Waals surface area (Å²) in [5, 5.41) is 3.71. The van der Waals surface area contributed by atoms with Crippen molar-refractivity contribution in [1.29, 1.82) is 0 Å². The third kappa shape index (κ3) is 1.95. The van der Waals surface area contributed by atoms with Crippen LogP contribution in [-0.4, -0.2) is 19.7 Å². The van der Waals surface area contributed by atoms with Gasteiger partial charge in [-0.3, -0.25) is 0 Å².